The highest BCUT2D eigenvalue weighted by atomic mass is 19.1. The standard InChI is InChI=1S/C21H21FN4O2.C5H12O/c22-15-6-3-5-14(11-15)12-16(7-4-10-20(23)27)25-21(28)19-13-24-17-8-1-2-9-18(17)26-19;1-4-5(2,3)6/h1-3,5-6,8-9,11,13,16H,4,7,10,12H2,(H2,23,27)(H,25,28);6H,4H2,1-3H3. The minimum atomic E-state index is -0.458. The number of nitrogens with two attached hydrogens (primary N) is 1. The normalized spacial score (nSPS) is 11.9. The van der Waals surface area contributed by atoms with Gasteiger partial charge in [0, 0.05) is 12.5 Å². The van der Waals surface area contributed by atoms with Crippen LogP contribution in [0.5, 0.6) is 0 Å². The monoisotopic (exact) mass is 468 g/mol. The van der Waals surface area contributed by atoms with E-state index in [1.165, 1.54) is 18.3 Å². The number of amides is 2. The molecule has 2 amide bonds. The van der Waals surface area contributed by atoms with Crippen LogP contribution in [0.3, 0.4) is 0 Å². The van der Waals surface area contributed by atoms with Crippen LogP contribution in [-0.2, 0) is 11.2 Å². The Morgan fingerprint density at radius 1 is 1.15 bits per heavy atom. The lowest BCUT2D eigenvalue weighted by Gasteiger charge is -2.18. The van der Waals surface area contributed by atoms with Gasteiger partial charge in [-0.3, -0.25) is 14.6 Å². The highest BCUT2D eigenvalue weighted by Crippen LogP contribution is 2.13. The van der Waals surface area contributed by atoms with Crippen LogP contribution in [0.2, 0.25) is 0 Å². The molecule has 4 N–H and O–H groups in total. The van der Waals surface area contributed by atoms with Crippen LogP contribution in [0.4, 0.5) is 4.39 Å². The van der Waals surface area contributed by atoms with Crippen molar-refractivity contribution in [2.24, 2.45) is 5.73 Å². The summed E-state index contributed by atoms with van der Waals surface area (Å²) in [5, 5.41) is 11.8. The molecule has 0 aliphatic heterocycles. The number of fused-ring (bicyclic) bond motifs is 1. The number of halogens is 1. The average molecular weight is 469 g/mol. The molecule has 182 valence electrons. The van der Waals surface area contributed by atoms with Gasteiger partial charge in [-0.25, -0.2) is 9.37 Å². The van der Waals surface area contributed by atoms with Gasteiger partial charge in [-0.05, 0) is 69.4 Å². The van der Waals surface area contributed by atoms with E-state index < -0.39 is 11.5 Å². The highest BCUT2D eigenvalue weighted by Gasteiger charge is 2.17. The molecule has 34 heavy (non-hydrogen) atoms. The summed E-state index contributed by atoms with van der Waals surface area (Å²) in [6, 6.07) is 13.2. The molecule has 0 bridgehead atoms. The van der Waals surface area contributed by atoms with Crippen LogP contribution in [0, 0.1) is 5.82 Å². The van der Waals surface area contributed by atoms with Crippen molar-refractivity contribution in [3.8, 4) is 0 Å². The lowest BCUT2D eigenvalue weighted by molar-refractivity contribution is -0.118. The summed E-state index contributed by atoms with van der Waals surface area (Å²) in [6.07, 6.45) is 3.98. The topological polar surface area (TPSA) is 118 Å². The van der Waals surface area contributed by atoms with Gasteiger partial charge in [-0.15, -0.1) is 0 Å². The van der Waals surface area contributed by atoms with Crippen molar-refractivity contribution in [1.82, 2.24) is 15.3 Å². The molecule has 0 aliphatic rings. The fraction of sp³-hybridized carbons (Fsp3) is 0.385. The van der Waals surface area contributed by atoms with Crippen molar-refractivity contribution in [3.05, 3.63) is 71.8 Å². The number of hydrogen-bond acceptors (Lipinski definition) is 5. The SMILES string of the molecule is CCC(C)(C)O.NC(=O)CCCC(Cc1cccc(F)c1)NC(=O)c1cnc2ccccc2n1. The lowest BCUT2D eigenvalue weighted by Crippen LogP contribution is -2.37. The van der Waals surface area contributed by atoms with Crippen LogP contribution in [0.25, 0.3) is 11.0 Å². The maximum absolute atomic E-state index is 13.5. The van der Waals surface area contributed by atoms with Crippen molar-refractivity contribution in [2.45, 2.75) is 64.5 Å². The number of para-hydroxylation sites is 2. The summed E-state index contributed by atoms with van der Waals surface area (Å²) < 4.78 is 13.5. The summed E-state index contributed by atoms with van der Waals surface area (Å²) in [7, 11) is 0. The van der Waals surface area contributed by atoms with Crippen LogP contribution in [-0.4, -0.2) is 38.5 Å². The molecule has 1 atom stereocenters. The maximum atomic E-state index is 13.5. The van der Waals surface area contributed by atoms with Gasteiger partial charge < -0.3 is 16.2 Å². The van der Waals surface area contributed by atoms with E-state index in [9.17, 15) is 14.0 Å². The molecule has 0 aliphatic carbocycles. The zero-order valence-corrected chi connectivity index (χ0v) is 19.9. The summed E-state index contributed by atoms with van der Waals surface area (Å²) in [5.41, 5.74) is 7.04. The number of rotatable bonds is 9. The van der Waals surface area contributed by atoms with Gasteiger partial charge in [0.05, 0.1) is 22.8 Å². The Morgan fingerprint density at radius 2 is 1.82 bits per heavy atom. The van der Waals surface area contributed by atoms with E-state index in [2.05, 4.69) is 15.3 Å². The fourth-order valence-electron chi connectivity index (χ4n) is 3.02. The molecule has 0 radical (unpaired) electrons. The summed E-state index contributed by atoms with van der Waals surface area (Å²) in [6.45, 7) is 5.56. The van der Waals surface area contributed by atoms with Gasteiger partial charge in [0.1, 0.15) is 11.5 Å². The first-order valence-electron chi connectivity index (χ1n) is 11.3. The van der Waals surface area contributed by atoms with Gasteiger partial charge in [0.2, 0.25) is 5.91 Å². The molecule has 7 nitrogen and oxygen atoms in total. The average Bonchev–Trinajstić information content (AvgIpc) is 2.78. The summed E-state index contributed by atoms with van der Waals surface area (Å²) >= 11 is 0. The van der Waals surface area contributed by atoms with Crippen LogP contribution < -0.4 is 11.1 Å². The summed E-state index contributed by atoms with van der Waals surface area (Å²) in [4.78, 5) is 32.3. The number of benzene rings is 2. The van der Waals surface area contributed by atoms with Crippen molar-refractivity contribution in [1.29, 1.82) is 0 Å². The predicted molar refractivity (Wildman–Crippen MR) is 131 cm³/mol. The molecule has 0 saturated carbocycles. The largest absolute Gasteiger partial charge is 0.390 e. The van der Waals surface area contributed by atoms with E-state index >= 15 is 0 Å². The van der Waals surface area contributed by atoms with Gasteiger partial charge in [0.15, 0.2) is 0 Å². The second kappa shape index (κ2) is 12.7. The number of hydrogen-bond donors (Lipinski definition) is 3. The molecule has 0 spiro atoms. The Kier molecular flexibility index (Phi) is 10.1. The van der Waals surface area contributed by atoms with E-state index in [4.69, 9.17) is 10.8 Å². The molecule has 3 aromatic rings. The highest BCUT2D eigenvalue weighted by molar-refractivity contribution is 5.93. The summed E-state index contributed by atoms with van der Waals surface area (Å²) in [5.74, 6) is -1.09. The van der Waals surface area contributed by atoms with E-state index in [1.54, 1.807) is 32.0 Å². The predicted octanol–water partition coefficient (Wildman–Crippen LogP) is 3.93. The van der Waals surface area contributed by atoms with Gasteiger partial charge >= 0.3 is 0 Å². The molecule has 8 heteroatoms. The zero-order valence-electron chi connectivity index (χ0n) is 19.9. The van der Waals surface area contributed by atoms with Crippen LogP contribution in [0.1, 0.15) is 62.5 Å². The number of carbonyl (C=O) groups is 2. The first-order chi connectivity index (χ1) is 16.1. The fourth-order valence-corrected chi connectivity index (χ4v) is 3.02. The Hall–Kier alpha value is -3.39. The van der Waals surface area contributed by atoms with Crippen molar-refractivity contribution >= 4 is 22.8 Å². The Labute approximate surface area is 199 Å². The molecular formula is C26H33FN4O3. The zero-order chi connectivity index (χ0) is 25.1. The number of aromatic nitrogens is 2. The molecule has 3 rings (SSSR count). The second-order valence-corrected chi connectivity index (χ2v) is 8.77. The number of carbonyl (C=O) groups excluding carboxylic acids is 2. The van der Waals surface area contributed by atoms with E-state index in [0.29, 0.717) is 30.3 Å². The third kappa shape index (κ3) is 9.62. The molecule has 0 saturated heterocycles. The number of nitrogens with one attached hydrogen (secondary N) is 1. The van der Waals surface area contributed by atoms with E-state index in [0.717, 1.165) is 12.0 Å². The van der Waals surface area contributed by atoms with E-state index in [1.807, 2.05) is 25.1 Å². The molecule has 1 heterocycles. The number of primary amides is 1. The van der Waals surface area contributed by atoms with E-state index in [-0.39, 0.29) is 29.9 Å². The van der Waals surface area contributed by atoms with Crippen molar-refractivity contribution in [2.75, 3.05) is 0 Å². The van der Waals surface area contributed by atoms with Crippen LogP contribution >= 0.6 is 0 Å². The smallest absolute Gasteiger partial charge is 0.271 e. The van der Waals surface area contributed by atoms with Crippen molar-refractivity contribution in [3.63, 3.8) is 0 Å². The van der Waals surface area contributed by atoms with Gasteiger partial charge in [0.25, 0.3) is 5.91 Å². The lowest BCUT2D eigenvalue weighted by atomic mass is 10.0. The third-order valence-electron chi connectivity index (χ3n) is 5.23. The molecule has 1 aromatic heterocycles. The first kappa shape index (κ1) is 26.9. The molecule has 2 aromatic carbocycles. The second-order valence-electron chi connectivity index (χ2n) is 8.77. The maximum Gasteiger partial charge on any atom is 0.271 e. The third-order valence-corrected chi connectivity index (χ3v) is 5.23. The van der Waals surface area contributed by atoms with Gasteiger partial charge in [-0.1, -0.05) is 31.2 Å². The first-order valence-corrected chi connectivity index (χ1v) is 11.3. The van der Waals surface area contributed by atoms with Crippen molar-refractivity contribution < 1.29 is 19.1 Å². The minimum Gasteiger partial charge on any atom is -0.390 e. The molecular weight excluding hydrogens is 435 g/mol. The Balaban J connectivity index is 0.000000604. The minimum absolute atomic E-state index is 0.206. The number of aliphatic hydroxyl groups is 1. The Bertz CT molecular complexity index is 1100. The number of nitrogens with zero attached hydrogens (tertiary/aromatic N) is 2. The molecule has 0 fully saturated rings. The quantitative estimate of drug-likeness (QED) is 0.440. The molecule has 1 unspecified atom stereocenters. The van der Waals surface area contributed by atoms with Gasteiger partial charge in [-0.2, -0.15) is 0 Å². The van der Waals surface area contributed by atoms with Crippen LogP contribution in [0.15, 0.2) is 54.7 Å². The Morgan fingerprint density at radius 3 is 2.44 bits per heavy atom.